The number of amides is 2. The molecule has 2 aromatic heterocycles. The number of hydrogen-bond donors (Lipinski definition) is 1. The van der Waals surface area contributed by atoms with Gasteiger partial charge in [-0.15, -0.1) is 11.3 Å². The first kappa shape index (κ1) is 19.7. The molecule has 1 aliphatic heterocycles. The first-order chi connectivity index (χ1) is 14.1. The third kappa shape index (κ3) is 4.52. The van der Waals surface area contributed by atoms with Gasteiger partial charge in [0.15, 0.2) is 0 Å². The topological polar surface area (TPSA) is 57.6 Å². The molecular formula is C22H26N4O2S. The van der Waals surface area contributed by atoms with E-state index in [-0.39, 0.29) is 11.8 Å². The van der Waals surface area contributed by atoms with Crippen LogP contribution in [0.25, 0.3) is 10.9 Å². The van der Waals surface area contributed by atoms with E-state index in [0.29, 0.717) is 13.0 Å². The van der Waals surface area contributed by atoms with E-state index < -0.39 is 0 Å². The van der Waals surface area contributed by atoms with Gasteiger partial charge in [-0.2, -0.15) is 0 Å². The lowest BCUT2D eigenvalue weighted by atomic mass is 10.1. The van der Waals surface area contributed by atoms with Crippen molar-refractivity contribution in [3.63, 3.8) is 0 Å². The van der Waals surface area contributed by atoms with Crippen LogP contribution in [0.1, 0.15) is 15.2 Å². The fraction of sp³-hybridized carbons (Fsp3) is 0.364. The van der Waals surface area contributed by atoms with Crippen LogP contribution < -0.4 is 5.32 Å². The highest BCUT2D eigenvalue weighted by Crippen LogP contribution is 2.20. The largest absolute Gasteiger partial charge is 0.355 e. The molecule has 0 bridgehead atoms. The molecule has 7 heteroatoms. The van der Waals surface area contributed by atoms with Gasteiger partial charge in [0.1, 0.15) is 0 Å². The fourth-order valence-corrected chi connectivity index (χ4v) is 4.58. The molecule has 1 saturated heterocycles. The van der Waals surface area contributed by atoms with Gasteiger partial charge < -0.3 is 14.8 Å². The summed E-state index contributed by atoms with van der Waals surface area (Å²) < 4.78 is 2.06. The number of para-hydroxylation sites is 1. The van der Waals surface area contributed by atoms with E-state index in [0.717, 1.165) is 54.1 Å². The molecule has 29 heavy (non-hydrogen) atoms. The monoisotopic (exact) mass is 410 g/mol. The Labute approximate surface area is 174 Å². The molecule has 152 valence electrons. The zero-order chi connectivity index (χ0) is 20.2. The molecule has 0 unspecified atom stereocenters. The summed E-state index contributed by atoms with van der Waals surface area (Å²) in [7, 11) is 2.01. The molecular weight excluding hydrogens is 384 g/mol. The Morgan fingerprint density at radius 3 is 2.62 bits per heavy atom. The average Bonchev–Trinajstić information content (AvgIpc) is 3.37. The highest BCUT2D eigenvalue weighted by atomic mass is 32.1. The number of piperazine rings is 1. The minimum atomic E-state index is 0.0489. The number of aryl methyl sites for hydroxylation is 1. The highest BCUT2D eigenvalue weighted by Gasteiger charge is 2.22. The molecule has 0 spiro atoms. The molecule has 3 aromatic rings. The Hall–Kier alpha value is -2.64. The van der Waals surface area contributed by atoms with Crippen LogP contribution in [0.2, 0.25) is 0 Å². The Morgan fingerprint density at radius 2 is 1.86 bits per heavy atom. The van der Waals surface area contributed by atoms with Gasteiger partial charge >= 0.3 is 0 Å². The number of nitrogens with zero attached hydrogens (tertiary/aromatic N) is 3. The molecule has 6 nitrogen and oxygen atoms in total. The number of nitrogens with one attached hydrogen (secondary N) is 1. The lowest BCUT2D eigenvalue weighted by Crippen LogP contribution is -2.50. The molecule has 1 aromatic carbocycles. The summed E-state index contributed by atoms with van der Waals surface area (Å²) in [6.45, 7) is 4.60. The second-order valence-corrected chi connectivity index (χ2v) is 8.37. The van der Waals surface area contributed by atoms with Crippen LogP contribution in [-0.4, -0.2) is 65.4 Å². The molecule has 1 N–H and O–H groups in total. The Balaban J connectivity index is 1.21. The zero-order valence-electron chi connectivity index (χ0n) is 16.6. The van der Waals surface area contributed by atoms with Crippen molar-refractivity contribution in [3.8, 4) is 0 Å². The highest BCUT2D eigenvalue weighted by molar-refractivity contribution is 7.12. The Bertz CT molecular complexity index is 988. The van der Waals surface area contributed by atoms with E-state index in [4.69, 9.17) is 0 Å². The maximum absolute atomic E-state index is 12.4. The summed E-state index contributed by atoms with van der Waals surface area (Å²) in [5.41, 5.74) is 2.20. The predicted molar refractivity (Wildman–Crippen MR) is 116 cm³/mol. The lowest BCUT2D eigenvalue weighted by molar-refractivity contribution is -0.120. The van der Waals surface area contributed by atoms with Crippen LogP contribution in [0.5, 0.6) is 0 Å². The van der Waals surface area contributed by atoms with Crippen molar-refractivity contribution in [2.24, 2.45) is 7.05 Å². The number of fused-ring (bicyclic) bond motifs is 1. The molecule has 4 rings (SSSR count). The summed E-state index contributed by atoms with van der Waals surface area (Å²) >= 11 is 1.49. The minimum Gasteiger partial charge on any atom is -0.355 e. The number of thiophene rings is 1. The van der Waals surface area contributed by atoms with Crippen LogP contribution in [0.3, 0.4) is 0 Å². The van der Waals surface area contributed by atoms with Gasteiger partial charge in [-0.25, -0.2) is 0 Å². The second kappa shape index (κ2) is 8.80. The lowest BCUT2D eigenvalue weighted by Gasteiger charge is -2.34. The molecule has 1 fully saturated rings. The maximum Gasteiger partial charge on any atom is 0.264 e. The molecule has 0 radical (unpaired) electrons. The molecule has 2 amide bonds. The molecule has 0 aliphatic carbocycles. The van der Waals surface area contributed by atoms with Crippen LogP contribution >= 0.6 is 11.3 Å². The normalized spacial score (nSPS) is 15.0. The van der Waals surface area contributed by atoms with Crippen LogP contribution in [0, 0.1) is 0 Å². The first-order valence-electron chi connectivity index (χ1n) is 9.96. The van der Waals surface area contributed by atoms with Crippen molar-refractivity contribution in [2.75, 3.05) is 39.3 Å². The number of rotatable bonds is 6. The van der Waals surface area contributed by atoms with E-state index in [1.165, 1.54) is 11.3 Å². The van der Waals surface area contributed by atoms with Gasteiger partial charge in [-0.1, -0.05) is 24.3 Å². The van der Waals surface area contributed by atoms with Crippen molar-refractivity contribution >= 4 is 34.1 Å². The fourth-order valence-electron chi connectivity index (χ4n) is 3.89. The van der Waals surface area contributed by atoms with E-state index >= 15 is 0 Å². The SMILES string of the molecule is Cn1cc(CC(=O)NCCN2CCN(C(=O)c3cccs3)CC2)c2ccccc21. The number of carbonyl (C=O) groups is 2. The van der Waals surface area contributed by atoms with E-state index in [1.54, 1.807) is 0 Å². The number of benzene rings is 1. The summed E-state index contributed by atoms with van der Waals surface area (Å²) in [5, 5.41) is 6.11. The van der Waals surface area contributed by atoms with E-state index in [9.17, 15) is 9.59 Å². The van der Waals surface area contributed by atoms with Gasteiger partial charge in [0.2, 0.25) is 5.91 Å². The smallest absolute Gasteiger partial charge is 0.264 e. The van der Waals surface area contributed by atoms with Crippen LogP contribution in [0.15, 0.2) is 48.0 Å². The van der Waals surface area contributed by atoms with Gasteiger partial charge in [-0.05, 0) is 23.1 Å². The van der Waals surface area contributed by atoms with Crippen molar-refractivity contribution in [1.29, 1.82) is 0 Å². The zero-order valence-corrected chi connectivity index (χ0v) is 17.5. The molecule has 0 atom stereocenters. The standard InChI is InChI=1S/C22H26N4O2S/c1-24-16-17(18-5-2-3-6-19(18)24)15-21(27)23-8-9-25-10-12-26(13-11-25)22(28)20-7-4-14-29-20/h2-7,14,16H,8-13,15H2,1H3,(H,23,27). The average molecular weight is 411 g/mol. The number of aromatic nitrogens is 1. The Kier molecular flexibility index (Phi) is 5.97. The predicted octanol–water partition coefficient (Wildman–Crippen LogP) is 2.36. The van der Waals surface area contributed by atoms with E-state index in [2.05, 4.69) is 26.9 Å². The third-order valence-electron chi connectivity index (χ3n) is 5.47. The summed E-state index contributed by atoms with van der Waals surface area (Å²) in [5.74, 6) is 0.177. The maximum atomic E-state index is 12.4. The summed E-state index contributed by atoms with van der Waals surface area (Å²) in [6, 6.07) is 11.9. The minimum absolute atomic E-state index is 0.0489. The quantitative estimate of drug-likeness (QED) is 0.679. The number of hydrogen-bond acceptors (Lipinski definition) is 4. The van der Waals surface area contributed by atoms with Gasteiger partial charge in [0, 0.05) is 63.4 Å². The van der Waals surface area contributed by atoms with Crippen LogP contribution in [0.4, 0.5) is 0 Å². The van der Waals surface area contributed by atoms with Crippen molar-refractivity contribution in [2.45, 2.75) is 6.42 Å². The third-order valence-corrected chi connectivity index (χ3v) is 6.33. The Morgan fingerprint density at radius 1 is 1.07 bits per heavy atom. The van der Waals surface area contributed by atoms with Crippen molar-refractivity contribution in [1.82, 2.24) is 19.7 Å². The second-order valence-electron chi connectivity index (χ2n) is 7.42. The van der Waals surface area contributed by atoms with Gasteiger partial charge in [0.25, 0.3) is 5.91 Å². The molecule has 3 heterocycles. The first-order valence-corrected chi connectivity index (χ1v) is 10.8. The van der Waals surface area contributed by atoms with Gasteiger partial charge in [0.05, 0.1) is 11.3 Å². The van der Waals surface area contributed by atoms with E-state index in [1.807, 2.05) is 47.8 Å². The van der Waals surface area contributed by atoms with Gasteiger partial charge in [-0.3, -0.25) is 14.5 Å². The molecule has 0 saturated carbocycles. The van der Waals surface area contributed by atoms with Crippen LogP contribution in [-0.2, 0) is 18.3 Å². The summed E-state index contributed by atoms with van der Waals surface area (Å²) in [4.78, 5) is 29.8. The molecule has 1 aliphatic rings. The van der Waals surface area contributed by atoms with Crippen molar-refractivity contribution in [3.05, 3.63) is 58.4 Å². The number of carbonyl (C=O) groups excluding carboxylic acids is 2. The summed E-state index contributed by atoms with van der Waals surface area (Å²) in [6.07, 6.45) is 2.43. The van der Waals surface area contributed by atoms with Crippen molar-refractivity contribution < 1.29 is 9.59 Å².